The van der Waals surface area contributed by atoms with Gasteiger partial charge < -0.3 is 5.73 Å². The molecule has 3 nitrogen and oxygen atoms in total. The van der Waals surface area contributed by atoms with Gasteiger partial charge in [-0.05, 0) is 40.5 Å². The lowest BCUT2D eigenvalue weighted by Crippen LogP contribution is -2.16. The molecule has 1 aromatic heterocycles. The molecule has 6 heteroatoms. The number of nitrogens with zero attached hydrogens (tertiary/aromatic N) is 2. The SMILES string of the molecule is NC(Cc1c(F)ccc(Br)c1F)c1ccncn1. The van der Waals surface area contributed by atoms with Crippen molar-refractivity contribution in [1.29, 1.82) is 0 Å². The molecule has 0 radical (unpaired) electrons. The number of halogens is 3. The van der Waals surface area contributed by atoms with Crippen LogP contribution in [0.3, 0.4) is 0 Å². The fourth-order valence-electron chi connectivity index (χ4n) is 1.60. The molecule has 18 heavy (non-hydrogen) atoms. The quantitative estimate of drug-likeness (QED) is 0.886. The van der Waals surface area contributed by atoms with Crippen molar-refractivity contribution >= 4 is 15.9 Å². The van der Waals surface area contributed by atoms with Crippen LogP contribution in [0.2, 0.25) is 0 Å². The molecule has 1 heterocycles. The van der Waals surface area contributed by atoms with Crippen LogP contribution in [-0.4, -0.2) is 9.97 Å². The molecule has 0 fully saturated rings. The molecule has 1 aromatic carbocycles. The van der Waals surface area contributed by atoms with Crippen molar-refractivity contribution in [1.82, 2.24) is 9.97 Å². The van der Waals surface area contributed by atoms with Gasteiger partial charge in [-0.25, -0.2) is 18.7 Å². The first kappa shape index (κ1) is 13.0. The van der Waals surface area contributed by atoms with Crippen LogP contribution in [-0.2, 0) is 6.42 Å². The minimum Gasteiger partial charge on any atom is -0.322 e. The number of hydrogen-bond donors (Lipinski definition) is 1. The van der Waals surface area contributed by atoms with Crippen molar-refractivity contribution in [3.8, 4) is 0 Å². The molecule has 0 aliphatic heterocycles. The zero-order chi connectivity index (χ0) is 13.1. The molecule has 2 rings (SSSR count). The zero-order valence-electron chi connectivity index (χ0n) is 9.28. The zero-order valence-corrected chi connectivity index (χ0v) is 10.9. The van der Waals surface area contributed by atoms with Gasteiger partial charge in [-0.1, -0.05) is 0 Å². The molecule has 0 amide bonds. The number of rotatable bonds is 3. The van der Waals surface area contributed by atoms with Crippen LogP contribution in [0.4, 0.5) is 8.78 Å². The van der Waals surface area contributed by atoms with Gasteiger partial charge >= 0.3 is 0 Å². The number of aromatic nitrogens is 2. The predicted octanol–water partition coefficient (Wildman–Crippen LogP) is 2.76. The standard InChI is InChI=1S/C12H10BrF2N3/c13-8-1-2-9(14)7(12(8)15)5-10(16)11-3-4-17-6-18-11/h1-4,6,10H,5,16H2. The minimum absolute atomic E-state index is 0.0358. The fourth-order valence-corrected chi connectivity index (χ4v) is 1.97. The molecule has 2 N–H and O–H groups in total. The number of hydrogen-bond acceptors (Lipinski definition) is 3. The monoisotopic (exact) mass is 313 g/mol. The minimum atomic E-state index is -0.625. The molecule has 1 unspecified atom stereocenters. The largest absolute Gasteiger partial charge is 0.322 e. The first-order valence-corrected chi connectivity index (χ1v) is 6.02. The first-order chi connectivity index (χ1) is 8.59. The summed E-state index contributed by atoms with van der Waals surface area (Å²) in [4.78, 5) is 7.73. The highest BCUT2D eigenvalue weighted by atomic mass is 79.9. The molecule has 0 bridgehead atoms. The van der Waals surface area contributed by atoms with E-state index in [-0.39, 0.29) is 16.5 Å². The predicted molar refractivity (Wildman–Crippen MR) is 66.7 cm³/mol. The van der Waals surface area contributed by atoms with Gasteiger partial charge in [-0.2, -0.15) is 0 Å². The third-order valence-corrected chi connectivity index (χ3v) is 3.16. The first-order valence-electron chi connectivity index (χ1n) is 5.23. The summed E-state index contributed by atoms with van der Waals surface area (Å²) in [6, 6.07) is 3.57. The Labute approximate surface area is 111 Å². The Morgan fingerprint density at radius 1 is 1.28 bits per heavy atom. The molecular formula is C12H10BrF2N3. The highest BCUT2D eigenvalue weighted by Gasteiger charge is 2.17. The van der Waals surface area contributed by atoms with E-state index in [4.69, 9.17) is 5.73 Å². The molecular weight excluding hydrogens is 304 g/mol. The van der Waals surface area contributed by atoms with E-state index in [9.17, 15) is 8.78 Å². The van der Waals surface area contributed by atoms with Crippen molar-refractivity contribution in [3.05, 3.63) is 58.1 Å². The van der Waals surface area contributed by atoms with Gasteiger partial charge in [0.15, 0.2) is 0 Å². The third kappa shape index (κ3) is 2.70. The summed E-state index contributed by atoms with van der Waals surface area (Å²) in [5.74, 6) is -1.24. The molecule has 0 saturated heterocycles. The van der Waals surface area contributed by atoms with Crippen LogP contribution >= 0.6 is 15.9 Å². The van der Waals surface area contributed by atoms with E-state index in [0.29, 0.717) is 5.69 Å². The maximum absolute atomic E-state index is 13.8. The third-order valence-electron chi connectivity index (χ3n) is 2.55. The average molecular weight is 314 g/mol. The van der Waals surface area contributed by atoms with Gasteiger partial charge in [-0.3, -0.25) is 0 Å². The van der Waals surface area contributed by atoms with E-state index in [0.717, 1.165) is 0 Å². The van der Waals surface area contributed by atoms with Gasteiger partial charge in [0.05, 0.1) is 16.2 Å². The summed E-state index contributed by atoms with van der Waals surface area (Å²) in [6.07, 6.45) is 2.92. The van der Waals surface area contributed by atoms with Crippen LogP contribution < -0.4 is 5.73 Å². The van der Waals surface area contributed by atoms with Gasteiger partial charge in [0, 0.05) is 11.8 Å². The second kappa shape index (κ2) is 5.49. The van der Waals surface area contributed by atoms with E-state index in [1.807, 2.05) is 0 Å². The summed E-state index contributed by atoms with van der Waals surface area (Å²) in [5, 5.41) is 0. The Kier molecular flexibility index (Phi) is 3.98. The van der Waals surface area contributed by atoms with E-state index in [1.165, 1.54) is 24.7 Å². The highest BCUT2D eigenvalue weighted by Crippen LogP contribution is 2.24. The Morgan fingerprint density at radius 2 is 2.06 bits per heavy atom. The second-order valence-electron chi connectivity index (χ2n) is 3.77. The Bertz CT molecular complexity index is 549. The molecule has 0 saturated carbocycles. The van der Waals surface area contributed by atoms with Crippen LogP contribution in [0.15, 0.2) is 35.2 Å². The summed E-state index contributed by atoms with van der Waals surface area (Å²) >= 11 is 3.02. The van der Waals surface area contributed by atoms with Gasteiger partial charge in [0.2, 0.25) is 0 Å². The van der Waals surface area contributed by atoms with Crippen LogP contribution in [0.5, 0.6) is 0 Å². The van der Waals surface area contributed by atoms with E-state index >= 15 is 0 Å². The second-order valence-corrected chi connectivity index (χ2v) is 4.62. The molecule has 0 aliphatic carbocycles. The Morgan fingerprint density at radius 3 is 2.72 bits per heavy atom. The molecule has 0 spiro atoms. The molecule has 94 valence electrons. The number of nitrogens with two attached hydrogens (primary N) is 1. The van der Waals surface area contributed by atoms with Crippen LogP contribution in [0.1, 0.15) is 17.3 Å². The Balaban J connectivity index is 2.27. The van der Waals surface area contributed by atoms with Crippen LogP contribution in [0.25, 0.3) is 0 Å². The lowest BCUT2D eigenvalue weighted by atomic mass is 10.0. The summed E-state index contributed by atoms with van der Waals surface area (Å²) < 4.78 is 27.5. The summed E-state index contributed by atoms with van der Waals surface area (Å²) in [6.45, 7) is 0. The van der Waals surface area contributed by atoms with Gasteiger partial charge in [0.25, 0.3) is 0 Å². The number of benzene rings is 1. The average Bonchev–Trinajstić information content (AvgIpc) is 2.40. The normalized spacial score (nSPS) is 12.4. The smallest absolute Gasteiger partial charge is 0.143 e. The van der Waals surface area contributed by atoms with Gasteiger partial charge in [-0.15, -0.1) is 0 Å². The maximum Gasteiger partial charge on any atom is 0.143 e. The van der Waals surface area contributed by atoms with E-state index in [2.05, 4.69) is 25.9 Å². The lowest BCUT2D eigenvalue weighted by molar-refractivity contribution is 0.533. The van der Waals surface area contributed by atoms with Crippen molar-refractivity contribution in [2.24, 2.45) is 5.73 Å². The molecule has 2 aromatic rings. The molecule has 1 atom stereocenters. The van der Waals surface area contributed by atoms with E-state index < -0.39 is 17.7 Å². The topological polar surface area (TPSA) is 51.8 Å². The van der Waals surface area contributed by atoms with Gasteiger partial charge in [0.1, 0.15) is 18.0 Å². The summed E-state index contributed by atoms with van der Waals surface area (Å²) in [7, 11) is 0. The lowest BCUT2D eigenvalue weighted by Gasteiger charge is -2.12. The van der Waals surface area contributed by atoms with E-state index in [1.54, 1.807) is 6.07 Å². The fraction of sp³-hybridized carbons (Fsp3) is 0.167. The Hall–Kier alpha value is -1.40. The van der Waals surface area contributed by atoms with Crippen LogP contribution in [0, 0.1) is 11.6 Å². The highest BCUT2D eigenvalue weighted by molar-refractivity contribution is 9.10. The maximum atomic E-state index is 13.8. The van der Waals surface area contributed by atoms with Crippen molar-refractivity contribution in [2.75, 3.05) is 0 Å². The van der Waals surface area contributed by atoms with Crippen molar-refractivity contribution < 1.29 is 8.78 Å². The van der Waals surface area contributed by atoms with Crippen molar-refractivity contribution in [2.45, 2.75) is 12.5 Å². The molecule has 0 aliphatic rings. The summed E-state index contributed by atoms with van der Waals surface area (Å²) in [5.41, 5.74) is 6.38. The van der Waals surface area contributed by atoms with Crippen molar-refractivity contribution in [3.63, 3.8) is 0 Å².